The number of ether oxygens (including phenoxy) is 1. The molecule has 0 spiro atoms. The topological polar surface area (TPSA) is 29.5 Å². The van der Waals surface area contributed by atoms with E-state index in [0.29, 0.717) is 19.7 Å². The van der Waals surface area contributed by atoms with Crippen molar-refractivity contribution in [2.45, 2.75) is 6.54 Å². The molecule has 1 amide bonds. The van der Waals surface area contributed by atoms with E-state index in [1.807, 2.05) is 59.5 Å². The number of carbonyl (C=O) groups is 1. The Hall–Kier alpha value is -2.29. The first-order valence-electron chi connectivity index (χ1n) is 6.39. The highest BCUT2D eigenvalue weighted by Crippen LogP contribution is 2.23. The van der Waals surface area contributed by atoms with E-state index in [0.717, 1.165) is 16.9 Å². The van der Waals surface area contributed by atoms with E-state index >= 15 is 0 Å². The lowest BCUT2D eigenvalue weighted by atomic mass is 10.1. The van der Waals surface area contributed by atoms with Crippen LogP contribution in [0.3, 0.4) is 0 Å². The normalized spacial score (nSPS) is 14.2. The number of benzene rings is 2. The Morgan fingerprint density at radius 1 is 1.00 bits per heavy atom. The molecule has 0 bridgehead atoms. The van der Waals surface area contributed by atoms with Gasteiger partial charge < -0.3 is 9.64 Å². The molecule has 1 heterocycles. The van der Waals surface area contributed by atoms with E-state index in [9.17, 15) is 4.79 Å². The van der Waals surface area contributed by atoms with Crippen LogP contribution in [-0.2, 0) is 6.54 Å². The van der Waals surface area contributed by atoms with Crippen molar-refractivity contribution in [2.24, 2.45) is 0 Å². The van der Waals surface area contributed by atoms with E-state index in [-0.39, 0.29) is 5.91 Å². The maximum Gasteiger partial charge on any atom is 0.254 e. The molecule has 0 aromatic heterocycles. The number of amides is 1. The Labute approximate surface area is 112 Å². The second-order valence-electron chi connectivity index (χ2n) is 4.55. The summed E-state index contributed by atoms with van der Waals surface area (Å²) in [6, 6.07) is 17.3. The largest absolute Gasteiger partial charge is 0.491 e. The second kappa shape index (κ2) is 5.14. The quantitative estimate of drug-likeness (QED) is 0.782. The number of rotatable bonds is 1. The Kier molecular flexibility index (Phi) is 3.19. The highest BCUT2D eigenvalue weighted by atomic mass is 16.5. The van der Waals surface area contributed by atoms with Gasteiger partial charge in [0.05, 0.1) is 6.54 Å². The fraction of sp³-hybridized carbons (Fsp3) is 0.188. The molecule has 3 nitrogen and oxygen atoms in total. The lowest BCUT2D eigenvalue weighted by Crippen LogP contribution is -2.32. The molecule has 1 aliphatic rings. The zero-order valence-electron chi connectivity index (χ0n) is 10.6. The van der Waals surface area contributed by atoms with Crippen molar-refractivity contribution in [3.8, 4) is 5.75 Å². The Morgan fingerprint density at radius 3 is 2.58 bits per heavy atom. The number of para-hydroxylation sites is 1. The Morgan fingerprint density at radius 2 is 1.74 bits per heavy atom. The van der Waals surface area contributed by atoms with E-state index in [1.165, 1.54) is 0 Å². The minimum absolute atomic E-state index is 0.0564. The van der Waals surface area contributed by atoms with Gasteiger partial charge in [0, 0.05) is 17.7 Å². The Balaban J connectivity index is 1.85. The predicted molar refractivity (Wildman–Crippen MR) is 73.1 cm³/mol. The summed E-state index contributed by atoms with van der Waals surface area (Å²) in [6.45, 7) is 1.75. The lowest BCUT2D eigenvalue weighted by molar-refractivity contribution is 0.0733. The van der Waals surface area contributed by atoms with Crippen LogP contribution in [0, 0.1) is 0 Å². The molecule has 0 unspecified atom stereocenters. The van der Waals surface area contributed by atoms with Gasteiger partial charge in [-0.1, -0.05) is 36.4 Å². The molecular weight excluding hydrogens is 238 g/mol. The molecule has 0 atom stereocenters. The minimum atomic E-state index is 0.0564. The number of nitrogens with zero attached hydrogens (tertiary/aromatic N) is 1. The SMILES string of the molecule is O=C(c1ccccc1)N1CCOc2ccccc2C1. The zero-order valence-corrected chi connectivity index (χ0v) is 10.6. The number of carbonyl (C=O) groups excluding carboxylic acids is 1. The van der Waals surface area contributed by atoms with Crippen molar-refractivity contribution < 1.29 is 9.53 Å². The summed E-state index contributed by atoms with van der Waals surface area (Å²) >= 11 is 0. The summed E-state index contributed by atoms with van der Waals surface area (Å²) in [5.41, 5.74) is 1.78. The highest BCUT2D eigenvalue weighted by molar-refractivity contribution is 5.94. The smallest absolute Gasteiger partial charge is 0.254 e. The van der Waals surface area contributed by atoms with Crippen molar-refractivity contribution in [3.63, 3.8) is 0 Å². The van der Waals surface area contributed by atoms with Gasteiger partial charge in [0.25, 0.3) is 5.91 Å². The summed E-state index contributed by atoms with van der Waals surface area (Å²) in [6.07, 6.45) is 0. The molecule has 0 fully saturated rings. The van der Waals surface area contributed by atoms with Crippen LogP contribution in [0.5, 0.6) is 5.75 Å². The molecule has 96 valence electrons. The van der Waals surface area contributed by atoms with Crippen LogP contribution in [0.1, 0.15) is 15.9 Å². The van der Waals surface area contributed by atoms with Crippen LogP contribution in [0.15, 0.2) is 54.6 Å². The Bertz CT molecular complexity index is 580. The molecule has 0 radical (unpaired) electrons. The molecule has 0 saturated heterocycles. The maximum atomic E-state index is 12.4. The molecule has 0 N–H and O–H groups in total. The average molecular weight is 253 g/mol. The standard InChI is InChI=1S/C16H15NO2/c18-16(13-6-2-1-3-7-13)17-10-11-19-15-9-5-4-8-14(15)12-17/h1-9H,10-12H2. The number of hydrogen-bond acceptors (Lipinski definition) is 2. The van der Waals surface area contributed by atoms with Crippen LogP contribution < -0.4 is 4.74 Å². The van der Waals surface area contributed by atoms with Gasteiger partial charge in [0.15, 0.2) is 0 Å². The number of fused-ring (bicyclic) bond motifs is 1. The molecule has 3 rings (SSSR count). The monoisotopic (exact) mass is 253 g/mol. The van der Waals surface area contributed by atoms with E-state index in [4.69, 9.17) is 4.74 Å². The van der Waals surface area contributed by atoms with Crippen molar-refractivity contribution >= 4 is 5.91 Å². The second-order valence-corrected chi connectivity index (χ2v) is 4.55. The van der Waals surface area contributed by atoms with Crippen molar-refractivity contribution in [3.05, 3.63) is 65.7 Å². The lowest BCUT2D eigenvalue weighted by Gasteiger charge is -2.19. The van der Waals surface area contributed by atoms with Gasteiger partial charge in [-0.05, 0) is 18.2 Å². The molecule has 1 aliphatic heterocycles. The predicted octanol–water partition coefficient (Wildman–Crippen LogP) is 2.72. The molecule has 2 aromatic rings. The van der Waals surface area contributed by atoms with E-state index < -0.39 is 0 Å². The third-order valence-electron chi connectivity index (χ3n) is 3.26. The van der Waals surface area contributed by atoms with Gasteiger partial charge in [-0.3, -0.25) is 4.79 Å². The summed E-state index contributed by atoms with van der Waals surface area (Å²) in [4.78, 5) is 14.3. The molecular formula is C16H15NO2. The van der Waals surface area contributed by atoms with Gasteiger partial charge in [-0.25, -0.2) is 0 Å². The molecule has 2 aromatic carbocycles. The van der Waals surface area contributed by atoms with Crippen LogP contribution >= 0.6 is 0 Å². The molecule has 3 heteroatoms. The minimum Gasteiger partial charge on any atom is -0.491 e. The van der Waals surface area contributed by atoms with Crippen LogP contribution in [0.4, 0.5) is 0 Å². The molecule has 19 heavy (non-hydrogen) atoms. The van der Waals surface area contributed by atoms with Gasteiger partial charge in [0.1, 0.15) is 12.4 Å². The summed E-state index contributed by atoms with van der Waals surface area (Å²) in [5, 5.41) is 0. The average Bonchev–Trinajstić information content (AvgIpc) is 2.69. The number of hydrogen-bond donors (Lipinski definition) is 0. The van der Waals surface area contributed by atoms with Gasteiger partial charge in [-0.2, -0.15) is 0 Å². The van der Waals surface area contributed by atoms with Crippen LogP contribution in [0.25, 0.3) is 0 Å². The van der Waals surface area contributed by atoms with Crippen LogP contribution in [-0.4, -0.2) is 24.0 Å². The highest BCUT2D eigenvalue weighted by Gasteiger charge is 2.20. The zero-order chi connectivity index (χ0) is 13.1. The van der Waals surface area contributed by atoms with Gasteiger partial charge in [0.2, 0.25) is 0 Å². The summed E-state index contributed by atoms with van der Waals surface area (Å²) in [5.74, 6) is 0.937. The fourth-order valence-corrected chi connectivity index (χ4v) is 2.26. The molecule has 0 aliphatic carbocycles. The van der Waals surface area contributed by atoms with E-state index in [1.54, 1.807) is 0 Å². The van der Waals surface area contributed by atoms with Crippen molar-refractivity contribution in [2.75, 3.05) is 13.2 Å². The van der Waals surface area contributed by atoms with E-state index in [2.05, 4.69) is 0 Å². The van der Waals surface area contributed by atoms with Crippen molar-refractivity contribution in [1.82, 2.24) is 4.90 Å². The first-order chi connectivity index (χ1) is 9.34. The first-order valence-corrected chi connectivity index (χ1v) is 6.39. The third kappa shape index (κ3) is 2.45. The first kappa shape index (κ1) is 11.8. The van der Waals surface area contributed by atoms with Gasteiger partial charge in [-0.15, -0.1) is 0 Å². The maximum absolute atomic E-state index is 12.4. The fourth-order valence-electron chi connectivity index (χ4n) is 2.26. The van der Waals surface area contributed by atoms with Crippen LogP contribution in [0.2, 0.25) is 0 Å². The van der Waals surface area contributed by atoms with Gasteiger partial charge >= 0.3 is 0 Å². The molecule has 0 saturated carbocycles. The summed E-state index contributed by atoms with van der Waals surface area (Å²) in [7, 11) is 0. The van der Waals surface area contributed by atoms with Crippen molar-refractivity contribution in [1.29, 1.82) is 0 Å². The summed E-state index contributed by atoms with van der Waals surface area (Å²) < 4.78 is 5.67. The third-order valence-corrected chi connectivity index (χ3v) is 3.26.